The molecule has 1 aliphatic carbocycles. The van der Waals surface area contributed by atoms with Crippen LogP contribution < -0.4 is 0 Å². The van der Waals surface area contributed by atoms with Crippen molar-refractivity contribution in [2.45, 2.75) is 25.4 Å². The van der Waals surface area contributed by atoms with Crippen molar-refractivity contribution < 1.29 is 5.11 Å². The Labute approximate surface area is 99.4 Å². The lowest BCUT2D eigenvalue weighted by Crippen LogP contribution is -2.01. The van der Waals surface area contributed by atoms with E-state index in [-0.39, 0.29) is 6.61 Å². The highest BCUT2D eigenvalue weighted by molar-refractivity contribution is 5.49. The highest BCUT2D eigenvalue weighted by Gasteiger charge is 2.28. The van der Waals surface area contributed by atoms with Gasteiger partial charge in [-0.15, -0.1) is 0 Å². The molecule has 17 heavy (non-hydrogen) atoms. The molecule has 0 spiro atoms. The molecule has 1 aliphatic rings. The van der Waals surface area contributed by atoms with Crippen LogP contribution in [-0.2, 0) is 6.61 Å². The van der Waals surface area contributed by atoms with Gasteiger partial charge in [-0.1, -0.05) is 6.07 Å². The lowest BCUT2D eigenvalue weighted by atomic mass is 10.1. The van der Waals surface area contributed by atoms with E-state index >= 15 is 0 Å². The van der Waals surface area contributed by atoms with Crippen molar-refractivity contribution in [2.24, 2.45) is 0 Å². The fourth-order valence-corrected chi connectivity index (χ4v) is 1.87. The summed E-state index contributed by atoms with van der Waals surface area (Å²) in [5, 5.41) is 9.26. The predicted molar refractivity (Wildman–Crippen MR) is 63.2 cm³/mol. The Morgan fingerprint density at radius 1 is 1.24 bits per heavy atom. The quantitative estimate of drug-likeness (QED) is 0.870. The summed E-state index contributed by atoms with van der Waals surface area (Å²) in [5.41, 5.74) is 2.61. The van der Waals surface area contributed by atoms with Gasteiger partial charge in [0, 0.05) is 23.9 Å². The molecule has 0 amide bonds. The van der Waals surface area contributed by atoms with Crippen LogP contribution in [0.1, 0.15) is 30.0 Å². The minimum Gasteiger partial charge on any atom is -0.392 e. The van der Waals surface area contributed by atoms with E-state index < -0.39 is 0 Å². The summed E-state index contributed by atoms with van der Waals surface area (Å²) in [5.74, 6) is 1.15. The van der Waals surface area contributed by atoms with Crippen molar-refractivity contribution >= 4 is 0 Å². The Kier molecular flexibility index (Phi) is 2.57. The number of nitrogens with zero attached hydrogens (tertiary/aromatic N) is 3. The zero-order valence-electron chi connectivity index (χ0n) is 9.37. The van der Waals surface area contributed by atoms with E-state index in [9.17, 15) is 5.11 Å². The first-order chi connectivity index (χ1) is 8.38. The van der Waals surface area contributed by atoms with Crippen LogP contribution in [0.3, 0.4) is 0 Å². The summed E-state index contributed by atoms with van der Waals surface area (Å²) in [6.07, 6.45) is 5.76. The molecular weight excluding hydrogens is 214 g/mol. The van der Waals surface area contributed by atoms with Gasteiger partial charge in [-0.3, -0.25) is 4.98 Å². The second kappa shape index (κ2) is 4.22. The number of hydrogen-bond donors (Lipinski definition) is 1. The lowest BCUT2D eigenvalue weighted by Gasteiger charge is -2.06. The van der Waals surface area contributed by atoms with Crippen LogP contribution >= 0.6 is 0 Å². The van der Waals surface area contributed by atoms with Gasteiger partial charge < -0.3 is 5.11 Å². The molecule has 0 unspecified atom stereocenters. The average molecular weight is 227 g/mol. The molecule has 0 bridgehead atoms. The van der Waals surface area contributed by atoms with Crippen molar-refractivity contribution in [1.29, 1.82) is 0 Å². The number of aliphatic hydroxyl groups is 1. The van der Waals surface area contributed by atoms with Gasteiger partial charge in [0.1, 0.15) is 5.69 Å². The van der Waals surface area contributed by atoms with Gasteiger partial charge in [-0.25, -0.2) is 9.97 Å². The summed E-state index contributed by atoms with van der Waals surface area (Å²) in [4.78, 5) is 13.0. The Balaban J connectivity index is 2.04. The molecule has 4 nitrogen and oxygen atoms in total. The van der Waals surface area contributed by atoms with E-state index in [4.69, 9.17) is 0 Å². The standard InChI is InChI=1S/C13H13N3O/c17-8-10-7-15-13(11-3-1-2-6-14-11)16-12(10)9-4-5-9/h1-3,6-7,9,17H,4-5,8H2. The van der Waals surface area contributed by atoms with Crippen molar-refractivity contribution in [1.82, 2.24) is 15.0 Å². The summed E-state index contributed by atoms with van der Waals surface area (Å²) < 4.78 is 0. The van der Waals surface area contributed by atoms with Crippen LogP contribution in [-0.4, -0.2) is 20.1 Å². The van der Waals surface area contributed by atoms with Crippen LogP contribution in [0, 0.1) is 0 Å². The molecule has 86 valence electrons. The molecule has 2 aromatic rings. The lowest BCUT2D eigenvalue weighted by molar-refractivity contribution is 0.279. The summed E-state index contributed by atoms with van der Waals surface area (Å²) in [6.45, 7) is 0.00827. The van der Waals surface area contributed by atoms with Crippen LogP contribution in [0.4, 0.5) is 0 Å². The Morgan fingerprint density at radius 2 is 2.12 bits per heavy atom. The van der Waals surface area contributed by atoms with Gasteiger partial charge >= 0.3 is 0 Å². The Hall–Kier alpha value is -1.81. The first kappa shape index (κ1) is 10.4. The molecule has 4 heteroatoms. The monoisotopic (exact) mass is 227 g/mol. The minimum atomic E-state index is 0.00827. The molecule has 0 aromatic carbocycles. The fraction of sp³-hybridized carbons (Fsp3) is 0.308. The molecule has 2 aromatic heterocycles. The number of hydrogen-bond acceptors (Lipinski definition) is 4. The molecule has 0 radical (unpaired) electrons. The number of aromatic nitrogens is 3. The highest BCUT2D eigenvalue weighted by atomic mass is 16.3. The number of pyridine rings is 1. The van der Waals surface area contributed by atoms with Gasteiger partial charge in [0.2, 0.25) is 0 Å². The van der Waals surface area contributed by atoms with Crippen molar-refractivity contribution in [3.8, 4) is 11.5 Å². The topological polar surface area (TPSA) is 58.9 Å². The zero-order valence-corrected chi connectivity index (χ0v) is 9.37. The minimum absolute atomic E-state index is 0.00827. The molecule has 3 rings (SSSR count). The third-order valence-electron chi connectivity index (χ3n) is 2.93. The Bertz CT molecular complexity index is 523. The second-order valence-corrected chi connectivity index (χ2v) is 4.25. The fourth-order valence-electron chi connectivity index (χ4n) is 1.87. The van der Waals surface area contributed by atoms with Crippen molar-refractivity contribution in [3.05, 3.63) is 41.9 Å². The SMILES string of the molecule is OCc1cnc(-c2ccccn2)nc1C1CC1. The summed E-state index contributed by atoms with van der Waals surface area (Å²) >= 11 is 0. The molecule has 0 atom stereocenters. The first-order valence-electron chi connectivity index (χ1n) is 5.76. The highest BCUT2D eigenvalue weighted by Crippen LogP contribution is 2.40. The normalized spacial score (nSPS) is 14.9. The summed E-state index contributed by atoms with van der Waals surface area (Å²) in [7, 11) is 0. The maximum atomic E-state index is 9.26. The molecule has 1 saturated carbocycles. The number of aliphatic hydroxyl groups excluding tert-OH is 1. The average Bonchev–Trinajstić information content (AvgIpc) is 3.23. The van der Waals surface area contributed by atoms with E-state index in [1.54, 1.807) is 12.4 Å². The van der Waals surface area contributed by atoms with E-state index in [1.807, 2.05) is 18.2 Å². The van der Waals surface area contributed by atoms with E-state index in [0.717, 1.165) is 29.8 Å². The van der Waals surface area contributed by atoms with Crippen molar-refractivity contribution in [3.63, 3.8) is 0 Å². The van der Waals surface area contributed by atoms with Gasteiger partial charge in [0.15, 0.2) is 5.82 Å². The Morgan fingerprint density at radius 3 is 2.76 bits per heavy atom. The van der Waals surface area contributed by atoms with Crippen LogP contribution in [0.5, 0.6) is 0 Å². The van der Waals surface area contributed by atoms with E-state index in [1.165, 1.54) is 0 Å². The largest absolute Gasteiger partial charge is 0.392 e. The second-order valence-electron chi connectivity index (χ2n) is 4.25. The van der Waals surface area contributed by atoms with Gasteiger partial charge in [-0.2, -0.15) is 0 Å². The first-order valence-corrected chi connectivity index (χ1v) is 5.76. The molecule has 0 saturated heterocycles. The number of rotatable bonds is 3. The van der Waals surface area contributed by atoms with Gasteiger partial charge in [0.25, 0.3) is 0 Å². The zero-order chi connectivity index (χ0) is 11.7. The maximum Gasteiger partial charge on any atom is 0.178 e. The third-order valence-corrected chi connectivity index (χ3v) is 2.93. The maximum absolute atomic E-state index is 9.26. The molecular formula is C13H13N3O. The van der Waals surface area contributed by atoms with Gasteiger partial charge in [-0.05, 0) is 25.0 Å². The van der Waals surface area contributed by atoms with Gasteiger partial charge in [0.05, 0.1) is 12.3 Å². The predicted octanol–water partition coefficient (Wildman–Crippen LogP) is 1.91. The van der Waals surface area contributed by atoms with Crippen LogP contribution in [0.25, 0.3) is 11.5 Å². The molecule has 2 heterocycles. The van der Waals surface area contributed by atoms with Crippen molar-refractivity contribution in [2.75, 3.05) is 0 Å². The van der Waals surface area contributed by atoms with Crippen LogP contribution in [0.2, 0.25) is 0 Å². The smallest absolute Gasteiger partial charge is 0.178 e. The van der Waals surface area contributed by atoms with E-state index in [0.29, 0.717) is 11.7 Å². The summed E-state index contributed by atoms with van der Waals surface area (Å²) in [6, 6.07) is 5.68. The molecule has 1 N–H and O–H groups in total. The van der Waals surface area contributed by atoms with Crippen LogP contribution in [0.15, 0.2) is 30.6 Å². The van der Waals surface area contributed by atoms with E-state index in [2.05, 4.69) is 15.0 Å². The third kappa shape index (κ3) is 2.03. The molecule has 0 aliphatic heterocycles. The molecule has 1 fully saturated rings.